The summed E-state index contributed by atoms with van der Waals surface area (Å²) in [6, 6.07) is 8.32. The molecular formula is C13H22N2O. The van der Waals surface area contributed by atoms with E-state index in [2.05, 4.69) is 30.1 Å². The fourth-order valence-electron chi connectivity index (χ4n) is 1.65. The molecule has 2 N–H and O–H groups in total. The minimum Gasteiger partial charge on any atom is -0.380 e. The lowest BCUT2D eigenvalue weighted by molar-refractivity contribution is 0.120. The van der Waals surface area contributed by atoms with Gasteiger partial charge in [-0.15, -0.1) is 0 Å². The highest BCUT2D eigenvalue weighted by molar-refractivity contribution is 5.26. The number of nitrogens with two attached hydrogens (primary N) is 1. The molecule has 16 heavy (non-hydrogen) atoms. The van der Waals surface area contributed by atoms with Crippen molar-refractivity contribution in [1.82, 2.24) is 4.90 Å². The molecule has 0 heterocycles. The second-order valence-corrected chi connectivity index (χ2v) is 3.91. The van der Waals surface area contributed by atoms with Crippen LogP contribution in [0.4, 0.5) is 0 Å². The summed E-state index contributed by atoms with van der Waals surface area (Å²) in [7, 11) is 2.10. The second kappa shape index (κ2) is 7.39. The topological polar surface area (TPSA) is 38.5 Å². The van der Waals surface area contributed by atoms with Crippen LogP contribution >= 0.6 is 0 Å². The predicted octanol–water partition coefficient (Wildman–Crippen LogP) is 1.61. The number of rotatable bonds is 7. The average Bonchev–Trinajstić information content (AvgIpc) is 2.30. The summed E-state index contributed by atoms with van der Waals surface area (Å²) in [5, 5.41) is 0. The zero-order valence-electron chi connectivity index (χ0n) is 10.3. The molecule has 0 aliphatic heterocycles. The predicted molar refractivity (Wildman–Crippen MR) is 67.2 cm³/mol. The van der Waals surface area contributed by atoms with Crippen molar-refractivity contribution in [1.29, 1.82) is 0 Å². The van der Waals surface area contributed by atoms with Gasteiger partial charge in [-0.25, -0.2) is 0 Å². The molecule has 0 aliphatic carbocycles. The summed E-state index contributed by atoms with van der Waals surface area (Å²) in [4.78, 5) is 2.25. The van der Waals surface area contributed by atoms with E-state index < -0.39 is 0 Å². The summed E-state index contributed by atoms with van der Waals surface area (Å²) >= 11 is 0. The molecular weight excluding hydrogens is 200 g/mol. The quantitative estimate of drug-likeness (QED) is 0.712. The molecule has 0 aromatic heterocycles. The lowest BCUT2D eigenvalue weighted by Crippen LogP contribution is -2.23. The summed E-state index contributed by atoms with van der Waals surface area (Å²) in [5.41, 5.74) is 8.24. The van der Waals surface area contributed by atoms with E-state index in [9.17, 15) is 0 Å². The first kappa shape index (κ1) is 13.2. The monoisotopic (exact) mass is 222 g/mol. The molecule has 0 saturated carbocycles. The molecule has 3 heteroatoms. The number of benzene rings is 1. The summed E-state index contributed by atoms with van der Waals surface area (Å²) in [6.45, 7) is 6.08. The highest BCUT2D eigenvalue weighted by atomic mass is 16.5. The van der Waals surface area contributed by atoms with Crippen LogP contribution in [0.15, 0.2) is 24.3 Å². The first-order valence-corrected chi connectivity index (χ1v) is 5.81. The lowest BCUT2D eigenvalue weighted by Gasteiger charge is -2.18. The fraction of sp³-hybridized carbons (Fsp3) is 0.538. The molecule has 0 spiro atoms. The van der Waals surface area contributed by atoms with Crippen LogP contribution in [0, 0.1) is 0 Å². The standard InChI is InChI=1S/C13H22N2O/c1-3-16-9-8-15(2)11-13-7-5-4-6-12(13)10-14/h4-7H,3,8-11,14H2,1-2H3. The number of nitrogens with zero attached hydrogens (tertiary/aromatic N) is 1. The number of ether oxygens (including phenoxy) is 1. The Bertz CT molecular complexity index is 302. The number of likely N-dealkylation sites (N-methyl/N-ethyl adjacent to an activating group) is 1. The van der Waals surface area contributed by atoms with Crippen molar-refractivity contribution in [2.45, 2.75) is 20.0 Å². The third kappa shape index (κ3) is 4.31. The van der Waals surface area contributed by atoms with Crippen LogP contribution in [0.25, 0.3) is 0 Å². The van der Waals surface area contributed by atoms with E-state index in [4.69, 9.17) is 10.5 Å². The molecule has 0 fully saturated rings. The molecule has 90 valence electrons. The Kier molecular flexibility index (Phi) is 6.08. The van der Waals surface area contributed by atoms with Crippen molar-refractivity contribution in [3.8, 4) is 0 Å². The molecule has 0 saturated heterocycles. The molecule has 1 aromatic carbocycles. The number of hydrogen-bond acceptors (Lipinski definition) is 3. The Balaban J connectivity index is 2.45. The van der Waals surface area contributed by atoms with Gasteiger partial charge < -0.3 is 10.5 Å². The maximum atomic E-state index is 5.70. The first-order valence-electron chi connectivity index (χ1n) is 5.81. The van der Waals surface area contributed by atoms with Gasteiger partial charge in [-0.2, -0.15) is 0 Å². The Morgan fingerprint density at radius 1 is 1.25 bits per heavy atom. The van der Waals surface area contributed by atoms with E-state index in [0.29, 0.717) is 6.54 Å². The molecule has 3 nitrogen and oxygen atoms in total. The largest absolute Gasteiger partial charge is 0.380 e. The van der Waals surface area contributed by atoms with Crippen molar-refractivity contribution in [2.24, 2.45) is 5.73 Å². The summed E-state index contributed by atoms with van der Waals surface area (Å²) in [5.74, 6) is 0. The lowest BCUT2D eigenvalue weighted by atomic mass is 10.1. The minimum atomic E-state index is 0.607. The Morgan fingerprint density at radius 2 is 1.94 bits per heavy atom. The van der Waals surface area contributed by atoms with E-state index in [1.165, 1.54) is 11.1 Å². The molecule has 0 amide bonds. The fourth-order valence-corrected chi connectivity index (χ4v) is 1.65. The highest BCUT2D eigenvalue weighted by Crippen LogP contribution is 2.09. The maximum Gasteiger partial charge on any atom is 0.0593 e. The normalized spacial score (nSPS) is 11.0. The van der Waals surface area contributed by atoms with Gasteiger partial charge in [0.05, 0.1) is 6.61 Å². The van der Waals surface area contributed by atoms with Crippen molar-refractivity contribution in [3.63, 3.8) is 0 Å². The Hall–Kier alpha value is -0.900. The Morgan fingerprint density at radius 3 is 2.56 bits per heavy atom. The first-order chi connectivity index (χ1) is 7.77. The van der Waals surface area contributed by atoms with Crippen molar-refractivity contribution >= 4 is 0 Å². The van der Waals surface area contributed by atoms with Gasteiger partial charge in [-0.3, -0.25) is 4.90 Å². The number of hydrogen-bond donors (Lipinski definition) is 1. The summed E-state index contributed by atoms with van der Waals surface area (Å²) < 4.78 is 5.33. The van der Waals surface area contributed by atoms with Gasteiger partial charge in [0.15, 0.2) is 0 Å². The molecule has 0 aliphatic rings. The average molecular weight is 222 g/mol. The van der Waals surface area contributed by atoms with Crippen LogP contribution in [-0.2, 0) is 17.8 Å². The second-order valence-electron chi connectivity index (χ2n) is 3.91. The van der Waals surface area contributed by atoms with Gasteiger partial charge >= 0.3 is 0 Å². The van der Waals surface area contributed by atoms with Crippen LogP contribution in [0.3, 0.4) is 0 Å². The molecule has 0 unspecified atom stereocenters. The highest BCUT2D eigenvalue weighted by Gasteiger charge is 2.03. The van der Waals surface area contributed by atoms with Crippen molar-refractivity contribution < 1.29 is 4.74 Å². The van der Waals surface area contributed by atoms with Crippen molar-refractivity contribution in [2.75, 3.05) is 26.8 Å². The molecule has 0 atom stereocenters. The zero-order chi connectivity index (χ0) is 11.8. The van der Waals surface area contributed by atoms with E-state index >= 15 is 0 Å². The van der Waals surface area contributed by atoms with E-state index in [1.807, 2.05) is 13.0 Å². The van der Waals surface area contributed by atoms with Gasteiger partial charge in [0.2, 0.25) is 0 Å². The molecule has 1 rings (SSSR count). The summed E-state index contributed by atoms with van der Waals surface area (Å²) in [6.07, 6.45) is 0. The smallest absolute Gasteiger partial charge is 0.0593 e. The van der Waals surface area contributed by atoms with E-state index in [1.54, 1.807) is 0 Å². The van der Waals surface area contributed by atoms with E-state index in [0.717, 1.165) is 26.3 Å². The third-order valence-corrected chi connectivity index (χ3v) is 2.60. The van der Waals surface area contributed by atoms with Gasteiger partial charge in [0, 0.05) is 26.2 Å². The third-order valence-electron chi connectivity index (χ3n) is 2.60. The van der Waals surface area contributed by atoms with Crippen LogP contribution < -0.4 is 5.73 Å². The zero-order valence-corrected chi connectivity index (χ0v) is 10.3. The molecule has 1 aromatic rings. The van der Waals surface area contributed by atoms with Gasteiger partial charge in [-0.05, 0) is 25.1 Å². The Labute approximate surface area is 98.2 Å². The molecule has 0 radical (unpaired) electrons. The van der Waals surface area contributed by atoms with Crippen molar-refractivity contribution in [3.05, 3.63) is 35.4 Å². The molecule has 0 bridgehead atoms. The van der Waals surface area contributed by atoms with Gasteiger partial charge in [0.1, 0.15) is 0 Å². The van der Waals surface area contributed by atoms with Crippen LogP contribution in [-0.4, -0.2) is 31.7 Å². The van der Waals surface area contributed by atoms with E-state index in [-0.39, 0.29) is 0 Å². The van der Waals surface area contributed by atoms with Crippen LogP contribution in [0.1, 0.15) is 18.1 Å². The maximum absolute atomic E-state index is 5.70. The van der Waals surface area contributed by atoms with Gasteiger partial charge in [0.25, 0.3) is 0 Å². The SMILES string of the molecule is CCOCCN(C)Cc1ccccc1CN. The van der Waals surface area contributed by atoms with Gasteiger partial charge in [-0.1, -0.05) is 24.3 Å². The minimum absolute atomic E-state index is 0.607. The van der Waals surface area contributed by atoms with Crippen LogP contribution in [0.5, 0.6) is 0 Å². The van der Waals surface area contributed by atoms with Crippen LogP contribution in [0.2, 0.25) is 0 Å².